The van der Waals surface area contributed by atoms with Crippen LogP contribution in [-0.4, -0.2) is 50.5 Å². The number of amides is 2. The maximum atomic E-state index is 13.7. The highest BCUT2D eigenvalue weighted by Gasteiger charge is 2.32. The van der Waals surface area contributed by atoms with Gasteiger partial charge in [-0.3, -0.25) is 13.9 Å². The maximum absolute atomic E-state index is 13.7. The summed E-state index contributed by atoms with van der Waals surface area (Å²) in [5.74, 6) is -0.866. The molecule has 198 valence electrons. The first kappa shape index (κ1) is 30.2. The van der Waals surface area contributed by atoms with Crippen molar-refractivity contribution < 1.29 is 18.0 Å². The Labute approximate surface area is 228 Å². The minimum Gasteiger partial charge on any atom is -0.354 e. The van der Waals surface area contributed by atoms with Gasteiger partial charge < -0.3 is 10.2 Å². The highest BCUT2D eigenvalue weighted by atomic mass is 35.5. The van der Waals surface area contributed by atoms with Gasteiger partial charge in [-0.1, -0.05) is 67.2 Å². The monoisotopic (exact) mass is 575 g/mol. The Balaban J connectivity index is 2.46. The van der Waals surface area contributed by atoms with E-state index < -0.39 is 28.5 Å². The van der Waals surface area contributed by atoms with Gasteiger partial charge in [-0.05, 0) is 55.2 Å². The quantitative estimate of drug-likeness (QED) is 0.341. The van der Waals surface area contributed by atoms with Crippen LogP contribution in [0.15, 0.2) is 36.4 Å². The summed E-state index contributed by atoms with van der Waals surface area (Å²) in [7, 11) is -3.85. The van der Waals surface area contributed by atoms with E-state index in [4.69, 9.17) is 34.8 Å². The zero-order valence-electron chi connectivity index (χ0n) is 20.9. The average Bonchev–Trinajstić information content (AvgIpc) is 2.80. The highest BCUT2D eigenvalue weighted by molar-refractivity contribution is 7.92. The van der Waals surface area contributed by atoms with E-state index in [0.717, 1.165) is 29.0 Å². The summed E-state index contributed by atoms with van der Waals surface area (Å²) in [6.07, 6.45) is 3.05. The van der Waals surface area contributed by atoms with E-state index in [2.05, 4.69) is 5.32 Å². The minimum atomic E-state index is -3.85. The topological polar surface area (TPSA) is 86.8 Å². The lowest BCUT2D eigenvalue weighted by Crippen LogP contribution is -2.52. The van der Waals surface area contributed by atoms with Crippen LogP contribution in [0.3, 0.4) is 0 Å². The highest BCUT2D eigenvalue weighted by Crippen LogP contribution is 2.27. The van der Waals surface area contributed by atoms with Gasteiger partial charge in [0.05, 0.1) is 11.9 Å². The normalized spacial score (nSPS) is 12.2. The molecule has 0 unspecified atom stereocenters. The van der Waals surface area contributed by atoms with Crippen molar-refractivity contribution in [3.05, 3.63) is 62.6 Å². The molecule has 0 fully saturated rings. The fourth-order valence-electron chi connectivity index (χ4n) is 3.61. The molecule has 0 radical (unpaired) electrons. The van der Waals surface area contributed by atoms with Gasteiger partial charge in [-0.15, -0.1) is 0 Å². The van der Waals surface area contributed by atoms with Gasteiger partial charge in [0.2, 0.25) is 21.8 Å². The maximum Gasteiger partial charge on any atom is 0.244 e. The van der Waals surface area contributed by atoms with Crippen LogP contribution in [0.4, 0.5) is 5.69 Å². The molecule has 2 aromatic carbocycles. The molecule has 0 heterocycles. The van der Waals surface area contributed by atoms with Crippen LogP contribution in [0.5, 0.6) is 0 Å². The van der Waals surface area contributed by atoms with Crippen LogP contribution in [0.25, 0.3) is 0 Å². The Morgan fingerprint density at radius 3 is 2.28 bits per heavy atom. The molecule has 11 heteroatoms. The van der Waals surface area contributed by atoms with Crippen LogP contribution in [0, 0.1) is 6.92 Å². The summed E-state index contributed by atoms with van der Waals surface area (Å²) < 4.78 is 26.3. The van der Waals surface area contributed by atoms with E-state index in [0.29, 0.717) is 33.6 Å². The minimum absolute atomic E-state index is 0.000790. The molecule has 1 N–H and O–H groups in total. The second-order valence-electron chi connectivity index (χ2n) is 8.53. The number of nitrogens with one attached hydrogen (secondary N) is 1. The second kappa shape index (κ2) is 13.5. The molecule has 0 aliphatic carbocycles. The number of carbonyl (C=O) groups excluding carboxylic acids is 2. The number of hydrogen-bond acceptors (Lipinski definition) is 4. The summed E-state index contributed by atoms with van der Waals surface area (Å²) in [4.78, 5) is 28.1. The van der Waals surface area contributed by atoms with Crippen molar-refractivity contribution >= 4 is 62.3 Å². The molecule has 0 spiro atoms. The van der Waals surface area contributed by atoms with Crippen LogP contribution in [-0.2, 0) is 26.2 Å². The first-order chi connectivity index (χ1) is 16.9. The molecule has 36 heavy (non-hydrogen) atoms. The summed E-state index contributed by atoms with van der Waals surface area (Å²) in [6, 6.07) is 8.82. The molecule has 2 amide bonds. The fraction of sp³-hybridized carbons (Fsp3) is 0.440. The van der Waals surface area contributed by atoms with Crippen molar-refractivity contribution in [2.45, 2.75) is 52.6 Å². The van der Waals surface area contributed by atoms with Crippen LogP contribution < -0.4 is 9.62 Å². The lowest BCUT2D eigenvalue weighted by Gasteiger charge is -2.33. The molecule has 0 saturated heterocycles. The summed E-state index contributed by atoms with van der Waals surface area (Å²) in [6.45, 7) is 5.57. The van der Waals surface area contributed by atoms with Crippen LogP contribution in [0.2, 0.25) is 15.1 Å². The van der Waals surface area contributed by atoms with Crippen molar-refractivity contribution in [3.63, 3.8) is 0 Å². The van der Waals surface area contributed by atoms with Crippen LogP contribution >= 0.6 is 34.8 Å². The molecule has 0 aliphatic rings. The average molecular weight is 577 g/mol. The number of anilines is 1. The van der Waals surface area contributed by atoms with Crippen molar-refractivity contribution in [2.75, 3.05) is 23.7 Å². The molecule has 0 aliphatic heterocycles. The van der Waals surface area contributed by atoms with E-state index in [1.807, 2.05) is 6.92 Å². The van der Waals surface area contributed by atoms with E-state index in [9.17, 15) is 18.0 Å². The molecule has 0 aromatic heterocycles. The molecule has 2 rings (SSSR count). The first-order valence-electron chi connectivity index (χ1n) is 11.6. The third-order valence-corrected chi connectivity index (χ3v) is 7.83. The number of halogens is 3. The Hall–Kier alpha value is -2.00. The third kappa shape index (κ3) is 8.26. The molecule has 2 aromatic rings. The lowest BCUT2D eigenvalue weighted by molar-refractivity contribution is -0.140. The van der Waals surface area contributed by atoms with Crippen LogP contribution in [0.1, 0.15) is 44.2 Å². The number of unbranched alkanes of at least 4 members (excludes halogenated alkanes) is 1. The number of hydrogen-bond donors (Lipinski definition) is 1. The fourth-order valence-corrected chi connectivity index (χ4v) is 5.09. The zero-order valence-corrected chi connectivity index (χ0v) is 23.9. The number of nitrogens with zero attached hydrogens (tertiary/aromatic N) is 2. The zero-order chi connectivity index (χ0) is 27.0. The van der Waals surface area contributed by atoms with Gasteiger partial charge in [0.1, 0.15) is 12.6 Å². The van der Waals surface area contributed by atoms with E-state index in [1.54, 1.807) is 44.2 Å². The number of sulfonamides is 1. The predicted molar refractivity (Wildman–Crippen MR) is 147 cm³/mol. The second-order valence-corrected chi connectivity index (χ2v) is 11.7. The van der Waals surface area contributed by atoms with Gasteiger partial charge in [-0.25, -0.2) is 8.42 Å². The number of benzene rings is 2. The number of rotatable bonds is 12. The molecule has 1 atom stereocenters. The number of aryl methyl sites for hydroxylation is 1. The van der Waals surface area contributed by atoms with Gasteiger partial charge in [0, 0.05) is 28.2 Å². The summed E-state index contributed by atoms with van der Waals surface area (Å²) >= 11 is 18.6. The molecule has 0 bridgehead atoms. The van der Waals surface area contributed by atoms with E-state index in [-0.39, 0.29) is 18.1 Å². The third-order valence-electron chi connectivity index (χ3n) is 5.69. The lowest BCUT2D eigenvalue weighted by atomic mass is 10.1. The molecular weight excluding hydrogens is 545 g/mol. The van der Waals surface area contributed by atoms with Crippen molar-refractivity contribution in [2.24, 2.45) is 0 Å². The van der Waals surface area contributed by atoms with Gasteiger partial charge in [0.15, 0.2) is 0 Å². The Morgan fingerprint density at radius 1 is 1.03 bits per heavy atom. The standard InChI is InChI=1S/C25H32Cl3N3O4S/c1-5-7-12-29-25(33)23(6-2)30(15-18-9-10-19(26)13-22(18)28)24(32)16-31(36(4,34)35)20-11-8-17(3)21(27)14-20/h8-11,13-14,23H,5-7,12,15-16H2,1-4H3,(H,29,33)/t23-/m0/s1. The molecule has 7 nitrogen and oxygen atoms in total. The smallest absolute Gasteiger partial charge is 0.244 e. The van der Waals surface area contributed by atoms with E-state index >= 15 is 0 Å². The van der Waals surface area contributed by atoms with Crippen molar-refractivity contribution in [1.29, 1.82) is 0 Å². The SMILES string of the molecule is CCCCNC(=O)[C@H](CC)N(Cc1ccc(Cl)cc1Cl)C(=O)CN(c1ccc(C)c(Cl)c1)S(C)(=O)=O. The summed E-state index contributed by atoms with van der Waals surface area (Å²) in [5.41, 5.74) is 1.61. The molecular formula is C25H32Cl3N3O4S. The first-order valence-corrected chi connectivity index (χ1v) is 14.6. The van der Waals surface area contributed by atoms with Gasteiger partial charge in [-0.2, -0.15) is 0 Å². The number of carbonyl (C=O) groups is 2. The predicted octanol–water partition coefficient (Wildman–Crippen LogP) is 5.44. The van der Waals surface area contributed by atoms with Crippen molar-refractivity contribution in [1.82, 2.24) is 10.2 Å². The van der Waals surface area contributed by atoms with E-state index in [1.165, 1.54) is 11.0 Å². The van der Waals surface area contributed by atoms with Gasteiger partial charge >= 0.3 is 0 Å². The Bertz CT molecular complexity index is 1190. The summed E-state index contributed by atoms with van der Waals surface area (Å²) in [5, 5.41) is 4.02. The Kier molecular flexibility index (Phi) is 11.3. The van der Waals surface area contributed by atoms with Gasteiger partial charge in [0.25, 0.3) is 0 Å². The van der Waals surface area contributed by atoms with Crippen molar-refractivity contribution in [3.8, 4) is 0 Å². The Morgan fingerprint density at radius 2 is 1.72 bits per heavy atom. The largest absolute Gasteiger partial charge is 0.354 e. The molecule has 0 saturated carbocycles.